The fourth-order valence-electron chi connectivity index (χ4n) is 1.36. The molecule has 1 heterocycles. The van der Waals surface area contributed by atoms with Gasteiger partial charge in [-0.1, -0.05) is 11.6 Å². The summed E-state index contributed by atoms with van der Waals surface area (Å²) >= 11 is 11.9. The highest BCUT2D eigenvalue weighted by atomic mass is 35.5. The van der Waals surface area contributed by atoms with E-state index < -0.39 is 0 Å². The van der Waals surface area contributed by atoms with Gasteiger partial charge in [-0.3, -0.25) is 0 Å². The lowest BCUT2D eigenvalue weighted by atomic mass is 10.2. The first-order valence-corrected chi connectivity index (χ1v) is 5.93. The zero-order valence-electron chi connectivity index (χ0n) is 9.70. The van der Waals surface area contributed by atoms with E-state index in [4.69, 9.17) is 27.9 Å². The number of rotatable bonds is 5. The molecule has 1 atom stereocenters. The molecule has 0 N–H and O–H groups in total. The molecule has 3 nitrogen and oxygen atoms in total. The first-order valence-electron chi connectivity index (χ1n) is 5.02. The summed E-state index contributed by atoms with van der Waals surface area (Å²) in [4.78, 5) is 6.30. The van der Waals surface area contributed by atoms with Crippen LogP contribution >= 0.6 is 23.2 Å². The number of alkyl halides is 1. The Labute approximate surface area is 106 Å². The van der Waals surface area contributed by atoms with Crippen molar-refractivity contribution in [2.24, 2.45) is 0 Å². The van der Waals surface area contributed by atoms with Gasteiger partial charge in [-0.2, -0.15) is 0 Å². The molecule has 0 saturated heterocycles. The third-order valence-corrected chi connectivity index (χ3v) is 3.02. The topological polar surface area (TPSA) is 25.4 Å². The van der Waals surface area contributed by atoms with Crippen LogP contribution in [0.4, 0.5) is 5.82 Å². The van der Waals surface area contributed by atoms with Crippen molar-refractivity contribution in [3.05, 3.63) is 22.8 Å². The number of ether oxygens (including phenoxy) is 1. The second-order valence-electron chi connectivity index (χ2n) is 3.70. The molecule has 0 fully saturated rings. The molecule has 0 saturated carbocycles. The first-order chi connectivity index (χ1) is 7.60. The Morgan fingerprint density at radius 2 is 2.25 bits per heavy atom. The van der Waals surface area contributed by atoms with Gasteiger partial charge in [-0.05, 0) is 18.6 Å². The molecule has 0 amide bonds. The molecule has 90 valence electrons. The van der Waals surface area contributed by atoms with Gasteiger partial charge in [-0.25, -0.2) is 4.98 Å². The lowest BCUT2D eigenvalue weighted by molar-refractivity contribution is 0.183. The van der Waals surface area contributed by atoms with Gasteiger partial charge in [-0.15, -0.1) is 11.6 Å². The average molecular weight is 263 g/mol. The summed E-state index contributed by atoms with van der Waals surface area (Å²) in [7, 11) is 3.62. The minimum Gasteiger partial charge on any atom is -0.383 e. The zero-order chi connectivity index (χ0) is 12.1. The number of pyridine rings is 1. The monoisotopic (exact) mass is 262 g/mol. The Balaban J connectivity index is 2.87. The smallest absolute Gasteiger partial charge is 0.147 e. The van der Waals surface area contributed by atoms with Crippen molar-refractivity contribution in [2.75, 3.05) is 25.7 Å². The molecule has 0 aliphatic rings. The second-order valence-corrected chi connectivity index (χ2v) is 4.37. The van der Waals surface area contributed by atoms with E-state index in [-0.39, 0.29) is 6.04 Å². The Bertz CT molecular complexity index is 347. The van der Waals surface area contributed by atoms with Crippen molar-refractivity contribution in [3.63, 3.8) is 0 Å². The van der Waals surface area contributed by atoms with Crippen LogP contribution in [0.3, 0.4) is 0 Å². The van der Waals surface area contributed by atoms with Crippen molar-refractivity contribution in [1.29, 1.82) is 0 Å². The molecule has 0 aromatic carbocycles. The number of aromatic nitrogens is 1. The number of halogens is 2. The lowest BCUT2D eigenvalue weighted by Gasteiger charge is -2.26. The van der Waals surface area contributed by atoms with Crippen LogP contribution in [0.2, 0.25) is 5.02 Å². The maximum absolute atomic E-state index is 6.14. The van der Waals surface area contributed by atoms with E-state index in [2.05, 4.69) is 11.9 Å². The molecule has 1 unspecified atom stereocenters. The molecule has 16 heavy (non-hydrogen) atoms. The summed E-state index contributed by atoms with van der Waals surface area (Å²) in [5.41, 5.74) is 0.920. The molecule has 0 aliphatic carbocycles. The molecule has 1 aromatic heterocycles. The Kier molecular flexibility index (Phi) is 5.32. The number of hydrogen-bond donors (Lipinski definition) is 0. The second kappa shape index (κ2) is 6.28. The third-order valence-electron chi connectivity index (χ3n) is 2.44. The first kappa shape index (κ1) is 13.6. The molecule has 1 rings (SSSR count). The summed E-state index contributed by atoms with van der Waals surface area (Å²) < 4.78 is 5.10. The standard InChI is InChI=1S/C11H16Cl2N2O/c1-8(7-16-3)15(2)11-10(13)4-9(5-12)6-14-11/h4,6,8H,5,7H2,1-3H3. The highest BCUT2D eigenvalue weighted by Gasteiger charge is 2.14. The van der Waals surface area contributed by atoms with E-state index in [0.29, 0.717) is 17.5 Å². The predicted octanol–water partition coefficient (Wildman–Crippen LogP) is 2.94. The minimum absolute atomic E-state index is 0.219. The Hall–Kier alpha value is -0.510. The molecule has 5 heteroatoms. The van der Waals surface area contributed by atoms with Crippen LogP contribution in [0.25, 0.3) is 0 Å². The molecular weight excluding hydrogens is 247 g/mol. The van der Waals surface area contributed by atoms with Gasteiger partial charge >= 0.3 is 0 Å². The van der Waals surface area contributed by atoms with Gasteiger partial charge in [0.25, 0.3) is 0 Å². The van der Waals surface area contributed by atoms with Gasteiger partial charge in [0.1, 0.15) is 5.82 Å². The largest absolute Gasteiger partial charge is 0.383 e. The van der Waals surface area contributed by atoms with Crippen LogP contribution < -0.4 is 4.90 Å². The van der Waals surface area contributed by atoms with E-state index in [9.17, 15) is 0 Å². The predicted molar refractivity (Wildman–Crippen MR) is 68.5 cm³/mol. The summed E-state index contributed by atoms with van der Waals surface area (Å²) in [6.45, 7) is 2.68. The summed E-state index contributed by atoms with van der Waals surface area (Å²) in [5, 5.41) is 0.614. The maximum atomic E-state index is 6.14. The normalized spacial score (nSPS) is 12.6. The molecule has 0 radical (unpaired) electrons. The number of methoxy groups -OCH3 is 1. The minimum atomic E-state index is 0.219. The highest BCUT2D eigenvalue weighted by Crippen LogP contribution is 2.25. The molecule has 0 spiro atoms. The van der Waals surface area contributed by atoms with Crippen LogP contribution in [0.5, 0.6) is 0 Å². The molecule has 1 aromatic rings. The van der Waals surface area contributed by atoms with Gasteiger partial charge in [0, 0.05) is 26.2 Å². The van der Waals surface area contributed by atoms with Crippen LogP contribution in [0.1, 0.15) is 12.5 Å². The average Bonchev–Trinajstić information content (AvgIpc) is 2.28. The van der Waals surface area contributed by atoms with Crippen molar-refractivity contribution >= 4 is 29.0 Å². The fourth-order valence-corrected chi connectivity index (χ4v) is 1.83. The van der Waals surface area contributed by atoms with Crippen LogP contribution in [0.15, 0.2) is 12.3 Å². The number of nitrogens with zero attached hydrogens (tertiary/aromatic N) is 2. The third kappa shape index (κ3) is 3.24. The van der Waals surface area contributed by atoms with Crippen molar-refractivity contribution in [1.82, 2.24) is 4.98 Å². The summed E-state index contributed by atoms with van der Waals surface area (Å²) in [5.74, 6) is 1.17. The fraction of sp³-hybridized carbons (Fsp3) is 0.545. The van der Waals surface area contributed by atoms with Gasteiger partial charge in [0.05, 0.1) is 17.7 Å². The molecular formula is C11H16Cl2N2O. The van der Waals surface area contributed by atoms with E-state index in [1.165, 1.54) is 0 Å². The highest BCUT2D eigenvalue weighted by molar-refractivity contribution is 6.33. The van der Waals surface area contributed by atoms with Crippen LogP contribution in [-0.4, -0.2) is 31.8 Å². The SMILES string of the molecule is COCC(C)N(C)c1ncc(CCl)cc1Cl. The van der Waals surface area contributed by atoms with Gasteiger partial charge in [0.15, 0.2) is 0 Å². The van der Waals surface area contributed by atoms with E-state index in [0.717, 1.165) is 11.4 Å². The van der Waals surface area contributed by atoms with Crippen molar-refractivity contribution in [2.45, 2.75) is 18.8 Å². The van der Waals surface area contributed by atoms with E-state index in [1.807, 2.05) is 18.0 Å². The number of anilines is 1. The van der Waals surface area contributed by atoms with E-state index in [1.54, 1.807) is 13.3 Å². The van der Waals surface area contributed by atoms with Gasteiger partial charge in [0.2, 0.25) is 0 Å². The van der Waals surface area contributed by atoms with Gasteiger partial charge < -0.3 is 9.64 Å². The van der Waals surface area contributed by atoms with Crippen molar-refractivity contribution in [3.8, 4) is 0 Å². The quantitative estimate of drug-likeness (QED) is 0.764. The zero-order valence-corrected chi connectivity index (χ0v) is 11.2. The van der Waals surface area contributed by atoms with Crippen molar-refractivity contribution < 1.29 is 4.74 Å². The summed E-state index contributed by atoms with van der Waals surface area (Å²) in [6, 6.07) is 2.06. The van der Waals surface area contributed by atoms with Crippen LogP contribution in [0, 0.1) is 0 Å². The summed E-state index contributed by atoms with van der Waals surface area (Å²) in [6.07, 6.45) is 1.74. The molecule has 0 aliphatic heterocycles. The molecule has 0 bridgehead atoms. The lowest BCUT2D eigenvalue weighted by Crippen LogP contribution is -2.33. The maximum Gasteiger partial charge on any atom is 0.147 e. The Morgan fingerprint density at radius 3 is 2.75 bits per heavy atom. The van der Waals surface area contributed by atoms with E-state index >= 15 is 0 Å². The number of hydrogen-bond acceptors (Lipinski definition) is 3. The van der Waals surface area contributed by atoms with Crippen LogP contribution in [-0.2, 0) is 10.6 Å². The Morgan fingerprint density at radius 1 is 1.56 bits per heavy atom. The number of likely N-dealkylation sites (N-methyl/N-ethyl adjacent to an activating group) is 1.